The highest BCUT2D eigenvalue weighted by molar-refractivity contribution is 14.1. The number of allylic oxidation sites excluding steroid dienone is 2. The number of hydrogen-bond acceptors (Lipinski definition) is 2. The van der Waals surface area contributed by atoms with Crippen LogP contribution in [0.3, 0.4) is 0 Å². The van der Waals surface area contributed by atoms with Crippen molar-refractivity contribution in [1.29, 1.82) is 0 Å². The molecule has 1 rings (SSSR count). The third-order valence-corrected chi connectivity index (χ3v) is 3.01. The fourth-order valence-electron chi connectivity index (χ4n) is 0.830. The Bertz CT molecular complexity index is 235. The molecule has 0 aliphatic carbocycles. The van der Waals surface area contributed by atoms with Gasteiger partial charge in [0.1, 0.15) is 4.05 Å². The molecule has 1 aliphatic rings. The Morgan fingerprint density at radius 3 is 2.91 bits per heavy atom. The van der Waals surface area contributed by atoms with Crippen molar-refractivity contribution in [2.45, 2.75) is 4.05 Å². The maximum atomic E-state index is 10.6. The molecular formula is C7H8INO2. The van der Waals surface area contributed by atoms with Crippen molar-refractivity contribution >= 4 is 28.6 Å². The third-order valence-electron chi connectivity index (χ3n) is 1.46. The second kappa shape index (κ2) is 3.25. The first-order valence-electron chi connectivity index (χ1n) is 3.10. The Kier molecular flexibility index (Phi) is 2.53. The number of alkyl halides is 1. The molecule has 0 fully saturated rings. The minimum atomic E-state index is -0.847. The van der Waals surface area contributed by atoms with Gasteiger partial charge in [0.25, 0.3) is 0 Å². The molecule has 1 aliphatic heterocycles. The Morgan fingerprint density at radius 1 is 1.82 bits per heavy atom. The van der Waals surface area contributed by atoms with Gasteiger partial charge in [-0.2, -0.15) is 0 Å². The van der Waals surface area contributed by atoms with Crippen LogP contribution >= 0.6 is 22.6 Å². The monoisotopic (exact) mass is 265 g/mol. The standard InChI is InChI=1S/C7H8INO2/c1-9-4-2-3-5(6(9)8)7(10)11/h2-4,6H,1H3,(H,10,11). The molecule has 60 valence electrons. The van der Waals surface area contributed by atoms with E-state index in [2.05, 4.69) is 22.6 Å². The van der Waals surface area contributed by atoms with Gasteiger partial charge >= 0.3 is 5.97 Å². The van der Waals surface area contributed by atoms with E-state index in [9.17, 15) is 4.79 Å². The zero-order valence-electron chi connectivity index (χ0n) is 5.99. The zero-order chi connectivity index (χ0) is 8.43. The van der Waals surface area contributed by atoms with E-state index in [1.54, 1.807) is 12.2 Å². The van der Waals surface area contributed by atoms with Gasteiger partial charge in [0.15, 0.2) is 0 Å². The summed E-state index contributed by atoms with van der Waals surface area (Å²) in [5, 5.41) is 8.69. The van der Waals surface area contributed by atoms with Gasteiger partial charge in [0, 0.05) is 13.2 Å². The molecule has 3 nitrogen and oxygen atoms in total. The van der Waals surface area contributed by atoms with Gasteiger partial charge in [0.05, 0.1) is 5.57 Å². The summed E-state index contributed by atoms with van der Waals surface area (Å²) < 4.78 is -0.0601. The average Bonchev–Trinajstić information content (AvgIpc) is 1.94. The van der Waals surface area contributed by atoms with Crippen LogP contribution in [0.1, 0.15) is 0 Å². The topological polar surface area (TPSA) is 40.5 Å². The fraction of sp³-hybridized carbons (Fsp3) is 0.286. The minimum Gasteiger partial charge on any atom is -0.478 e. The number of carboxylic acids is 1. The minimum absolute atomic E-state index is 0.0601. The molecule has 0 spiro atoms. The molecule has 0 radical (unpaired) electrons. The van der Waals surface area contributed by atoms with Gasteiger partial charge < -0.3 is 10.0 Å². The van der Waals surface area contributed by atoms with Crippen molar-refractivity contribution in [2.75, 3.05) is 7.05 Å². The summed E-state index contributed by atoms with van der Waals surface area (Å²) in [5.74, 6) is -0.847. The molecule has 11 heavy (non-hydrogen) atoms. The van der Waals surface area contributed by atoms with Crippen molar-refractivity contribution < 1.29 is 9.90 Å². The summed E-state index contributed by atoms with van der Waals surface area (Å²) in [7, 11) is 1.85. The van der Waals surface area contributed by atoms with Gasteiger partial charge in [-0.15, -0.1) is 0 Å². The lowest BCUT2D eigenvalue weighted by Crippen LogP contribution is -2.28. The molecule has 1 atom stereocenters. The molecule has 1 N–H and O–H groups in total. The number of halogens is 1. The first-order chi connectivity index (χ1) is 5.13. The van der Waals surface area contributed by atoms with Crippen LogP contribution in [0.2, 0.25) is 0 Å². The van der Waals surface area contributed by atoms with Crippen molar-refractivity contribution in [3.8, 4) is 0 Å². The van der Waals surface area contributed by atoms with E-state index in [0.717, 1.165) is 0 Å². The third kappa shape index (κ3) is 1.74. The molecular weight excluding hydrogens is 257 g/mol. The molecule has 1 unspecified atom stereocenters. The van der Waals surface area contributed by atoms with Gasteiger partial charge in [0.2, 0.25) is 0 Å². The van der Waals surface area contributed by atoms with E-state index >= 15 is 0 Å². The van der Waals surface area contributed by atoms with E-state index in [0.29, 0.717) is 5.57 Å². The van der Waals surface area contributed by atoms with Crippen LogP contribution < -0.4 is 0 Å². The zero-order valence-corrected chi connectivity index (χ0v) is 8.15. The van der Waals surface area contributed by atoms with Crippen molar-refractivity contribution in [3.05, 3.63) is 23.9 Å². The maximum Gasteiger partial charge on any atom is 0.334 e. The molecule has 0 saturated heterocycles. The highest BCUT2D eigenvalue weighted by Crippen LogP contribution is 2.20. The Hall–Kier alpha value is -0.520. The van der Waals surface area contributed by atoms with Crippen LogP contribution in [0.4, 0.5) is 0 Å². The van der Waals surface area contributed by atoms with E-state index < -0.39 is 5.97 Å². The summed E-state index contributed by atoms with van der Waals surface area (Å²) in [6.07, 6.45) is 5.21. The number of carbonyl (C=O) groups is 1. The average molecular weight is 265 g/mol. The Morgan fingerprint density at radius 2 is 2.45 bits per heavy atom. The summed E-state index contributed by atoms with van der Waals surface area (Å²) in [4.78, 5) is 12.4. The number of rotatable bonds is 1. The number of aliphatic carboxylic acids is 1. The molecule has 0 saturated carbocycles. The maximum absolute atomic E-state index is 10.6. The second-order valence-electron chi connectivity index (χ2n) is 2.27. The molecule has 0 aromatic rings. The predicted octanol–water partition coefficient (Wildman–Crippen LogP) is 1.22. The molecule has 0 amide bonds. The van der Waals surface area contributed by atoms with Crippen LogP contribution in [0.5, 0.6) is 0 Å². The van der Waals surface area contributed by atoms with Crippen molar-refractivity contribution in [3.63, 3.8) is 0 Å². The summed E-state index contributed by atoms with van der Waals surface area (Å²) in [5.41, 5.74) is 0.426. The number of carboxylic acid groups (broad SMARTS) is 1. The lowest BCUT2D eigenvalue weighted by molar-refractivity contribution is -0.132. The van der Waals surface area contributed by atoms with Crippen LogP contribution in [-0.4, -0.2) is 27.1 Å². The number of nitrogens with zero attached hydrogens (tertiary/aromatic N) is 1. The van der Waals surface area contributed by atoms with Gasteiger partial charge in [-0.3, -0.25) is 0 Å². The predicted molar refractivity (Wildman–Crippen MR) is 50.4 cm³/mol. The fourth-order valence-corrected chi connectivity index (χ4v) is 1.49. The van der Waals surface area contributed by atoms with E-state index in [4.69, 9.17) is 5.11 Å². The largest absolute Gasteiger partial charge is 0.478 e. The molecule has 0 aromatic heterocycles. The smallest absolute Gasteiger partial charge is 0.334 e. The van der Waals surface area contributed by atoms with Gasteiger partial charge in [-0.05, 0) is 12.2 Å². The number of hydrogen-bond donors (Lipinski definition) is 1. The van der Waals surface area contributed by atoms with E-state index in [1.165, 1.54) is 0 Å². The van der Waals surface area contributed by atoms with Crippen molar-refractivity contribution in [2.24, 2.45) is 0 Å². The van der Waals surface area contributed by atoms with Crippen LogP contribution in [0, 0.1) is 0 Å². The quantitative estimate of drug-likeness (QED) is 0.440. The first kappa shape index (κ1) is 8.58. The normalized spacial score (nSPS) is 23.3. The van der Waals surface area contributed by atoms with E-state index in [-0.39, 0.29) is 4.05 Å². The van der Waals surface area contributed by atoms with Crippen LogP contribution in [0.15, 0.2) is 23.9 Å². The Labute approximate surface area is 78.5 Å². The Balaban J connectivity index is 2.87. The van der Waals surface area contributed by atoms with Crippen LogP contribution in [0.25, 0.3) is 0 Å². The molecule has 0 bridgehead atoms. The van der Waals surface area contributed by atoms with Gasteiger partial charge in [-0.1, -0.05) is 22.6 Å². The lowest BCUT2D eigenvalue weighted by Gasteiger charge is -2.24. The molecule has 4 heteroatoms. The summed E-state index contributed by atoms with van der Waals surface area (Å²) >= 11 is 2.09. The van der Waals surface area contributed by atoms with E-state index in [1.807, 2.05) is 18.1 Å². The lowest BCUT2D eigenvalue weighted by atomic mass is 10.2. The van der Waals surface area contributed by atoms with Crippen LogP contribution in [-0.2, 0) is 4.79 Å². The molecule has 1 heterocycles. The highest BCUT2D eigenvalue weighted by Gasteiger charge is 2.21. The number of likely N-dealkylation sites (N-methyl/N-ethyl adjacent to an activating group) is 1. The van der Waals surface area contributed by atoms with Gasteiger partial charge in [-0.25, -0.2) is 4.79 Å². The first-order valence-corrected chi connectivity index (χ1v) is 4.35. The SMILES string of the molecule is CN1C=CC=C(C(=O)O)C1I. The molecule has 0 aromatic carbocycles. The van der Waals surface area contributed by atoms with Crippen molar-refractivity contribution in [1.82, 2.24) is 4.90 Å². The summed E-state index contributed by atoms with van der Waals surface area (Å²) in [6, 6.07) is 0. The highest BCUT2D eigenvalue weighted by atomic mass is 127. The second-order valence-corrected chi connectivity index (χ2v) is 3.45. The summed E-state index contributed by atoms with van der Waals surface area (Å²) in [6.45, 7) is 0.